The largest absolute Gasteiger partial charge is 0.494 e. The van der Waals surface area contributed by atoms with Gasteiger partial charge in [-0.2, -0.15) is 0 Å². The van der Waals surface area contributed by atoms with Gasteiger partial charge in [0.05, 0.1) is 78.4 Å². The molecule has 2 aromatic carbocycles. The van der Waals surface area contributed by atoms with Crippen molar-refractivity contribution in [1.29, 1.82) is 0 Å². The number of ether oxygens (including phenoxy) is 2. The fourth-order valence-corrected chi connectivity index (χ4v) is 8.33. The molecule has 4 rings (SSSR count). The molecular weight excluding hydrogens is 620 g/mol. The van der Waals surface area contributed by atoms with E-state index in [1.807, 2.05) is 48.5 Å². The molecule has 2 heterocycles. The molecule has 0 aliphatic carbocycles. The van der Waals surface area contributed by atoms with E-state index in [4.69, 9.17) is 9.47 Å². The monoisotopic (exact) mass is 691 g/mol. The Morgan fingerprint density at radius 1 is 0.540 bits per heavy atom. The summed E-state index contributed by atoms with van der Waals surface area (Å²) in [5.41, 5.74) is 1.53. The molecule has 278 valence electrons. The van der Waals surface area contributed by atoms with Crippen molar-refractivity contribution in [3.8, 4) is 11.5 Å². The lowest BCUT2D eigenvalue weighted by Crippen LogP contribution is -2.50. The third kappa shape index (κ3) is 13.1. The van der Waals surface area contributed by atoms with Crippen LogP contribution >= 0.6 is 0 Å². The van der Waals surface area contributed by atoms with Crippen molar-refractivity contribution in [3.05, 3.63) is 59.7 Å². The lowest BCUT2D eigenvalue weighted by atomic mass is 9.85. The first-order chi connectivity index (χ1) is 24.2. The zero-order valence-electron chi connectivity index (χ0n) is 32.3. The summed E-state index contributed by atoms with van der Waals surface area (Å²) in [7, 11) is 4.72. The third-order valence-electron chi connectivity index (χ3n) is 11.5. The van der Waals surface area contributed by atoms with Crippen LogP contribution in [0.25, 0.3) is 0 Å². The first kappa shape index (κ1) is 40.1. The van der Waals surface area contributed by atoms with Gasteiger partial charge >= 0.3 is 0 Å². The number of carbonyl (C=O) groups excluding carboxylic acids is 2. The summed E-state index contributed by atoms with van der Waals surface area (Å²) >= 11 is 0. The first-order valence-corrected chi connectivity index (χ1v) is 20.5. The molecule has 0 unspecified atom stereocenters. The van der Waals surface area contributed by atoms with Crippen LogP contribution in [-0.4, -0.2) is 87.1 Å². The number of carbonyl (C=O) groups is 2. The molecule has 0 bridgehead atoms. The molecule has 50 heavy (non-hydrogen) atoms. The maximum absolute atomic E-state index is 14.4. The Bertz CT molecular complexity index is 1160. The zero-order chi connectivity index (χ0) is 35.7. The summed E-state index contributed by atoms with van der Waals surface area (Å²) in [4.78, 5) is 28.8. The molecule has 0 amide bonds. The Hall–Kier alpha value is -2.70. The molecule has 0 saturated carbocycles. The first-order valence-electron chi connectivity index (χ1n) is 20.5. The average molecular weight is 691 g/mol. The Morgan fingerprint density at radius 2 is 0.880 bits per heavy atom. The van der Waals surface area contributed by atoms with E-state index in [1.54, 1.807) is 0 Å². The molecule has 0 N–H and O–H groups in total. The number of Topliss-reactive ketones (excluding diaryl/α,β-unsaturated/α-hetero) is 2. The van der Waals surface area contributed by atoms with Crippen LogP contribution in [0.3, 0.4) is 0 Å². The van der Waals surface area contributed by atoms with E-state index >= 15 is 0 Å². The van der Waals surface area contributed by atoms with Gasteiger partial charge in [0, 0.05) is 11.1 Å². The van der Waals surface area contributed by atoms with Crippen LogP contribution in [0, 0.1) is 11.8 Å². The number of ketones is 2. The third-order valence-corrected chi connectivity index (χ3v) is 11.5. The highest BCUT2D eigenvalue weighted by Crippen LogP contribution is 2.29. The van der Waals surface area contributed by atoms with Crippen molar-refractivity contribution in [1.82, 2.24) is 0 Å². The topological polar surface area (TPSA) is 52.6 Å². The predicted octanol–water partition coefficient (Wildman–Crippen LogP) is 9.94. The van der Waals surface area contributed by atoms with E-state index in [-0.39, 0.29) is 23.4 Å². The number of hydrogen-bond acceptors (Lipinski definition) is 4. The van der Waals surface area contributed by atoms with E-state index in [9.17, 15) is 9.59 Å². The van der Waals surface area contributed by atoms with Gasteiger partial charge < -0.3 is 18.4 Å². The van der Waals surface area contributed by atoms with Gasteiger partial charge in [0.25, 0.3) is 0 Å². The lowest BCUT2D eigenvalue weighted by molar-refractivity contribution is -0.911. The smallest absolute Gasteiger partial charge is 0.171 e. The highest BCUT2D eigenvalue weighted by molar-refractivity contribution is 5.99. The summed E-state index contributed by atoms with van der Waals surface area (Å²) in [5, 5.41) is 0. The highest BCUT2D eigenvalue weighted by Gasteiger charge is 2.36. The van der Waals surface area contributed by atoms with Gasteiger partial charge in [0.2, 0.25) is 0 Å². The van der Waals surface area contributed by atoms with Gasteiger partial charge in [-0.25, -0.2) is 0 Å². The summed E-state index contributed by atoms with van der Waals surface area (Å²) in [5.74, 6) is 1.85. The standard InChI is InChI=1S/C44H70N2O4/c1-5-7-17-33-49-41-25-21-37(22-26-41)43(47)39(35-45(3)29-13-9-10-14-30-45)19-20-40(36-46(4)31-15-11-12-16-32-46)44(48)38-23-27-42(28-24-38)50-34-18-8-6-2/h21-28,39-40H,5-20,29-36H2,1-4H3/q+2/t39-,40+. The fourth-order valence-electron chi connectivity index (χ4n) is 8.33. The van der Waals surface area contributed by atoms with E-state index < -0.39 is 0 Å². The summed E-state index contributed by atoms with van der Waals surface area (Å²) in [6, 6.07) is 15.7. The molecule has 2 aliphatic rings. The molecule has 2 atom stereocenters. The van der Waals surface area contributed by atoms with E-state index in [2.05, 4.69) is 27.9 Å². The molecule has 0 radical (unpaired) electrons. The van der Waals surface area contributed by atoms with Crippen molar-refractivity contribution in [2.45, 2.75) is 117 Å². The molecule has 0 spiro atoms. The van der Waals surface area contributed by atoms with Crippen molar-refractivity contribution in [2.75, 3.05) is 66.6 Å². The van der Waals surface area contributed by atoms with Crippen LogP contribution in [-0.2, 0) is 0 Å². The predicted molar refractivity (Wildman–Crippen MR) is 206 cm³/mol. The van der Waals surface area contributed by atoms with Crippen molar-refractivity contribution < 1.29 is 28.0 Å². The van der Waals surface area contributed by atoms with Crippen LogP contribution < -0.4 is 9.47 Å². The van der Waals surface area contributed by atoms with E-state index in [0.717, 1.165) is 109 Å². The minimum absolute atomic E-state index is 0.127. The van der Waals surface area contributed by atoms with E-state index in [0.29, 0.717) is 13.2 Å². The molecule has 2 aliphatic heterocycles. The van der Waals surface area contributed by atoms with Gasteiger partial charge in [-0.05, 0) is 126 Å². The zero-order valence-corrected chi connectivity index (χ0v) is 32.3. The molecule has 6 nitrogen and oxygen atoms in total. The minimum Gasteiger partial charge on any atom is -0.494 e. The molecule has 2 aromatic rings. The Balaban J connectivity index is 1.54. The van der Waals surface area contributed by atoms with Gasteiger partial charge in [0.15, 0.2) is 11.6 Å². The van der Waals surface area contributed by atoms with Crippen molar-refractivity contribution in [3.63, 3.8) is 0 Å². The molecule has 0 aromatic heterocycles. The van der Waals surface area contributed by atoms with Crippen LogP contribution in [0.1, 0.15) is 137 Å². The number of rotatable bonds is 21. The number of benzene rings is 2. The van der Waals surface area contributed by atoms with Gasteiger partial charge in [0.1, 0.15) is 11.5 Å². The van der Waals surface area contributed by atoms with Crippen molar-refractivity contribution in [2.24, 2.45) is 11.8 Å². The van der Waals surface area contributed by atoms with Crippen molar-refractivity contribution >= 4 is 11.6 Å². The normalized spacial score (nSPS) is 18.7. The second-order valence-corrected chi connectivity index (χ2v) is 16.2. The average Bonchev–Trinajstić information content (AvgIpc) is 3.49. The van der Waals surface area contributed by atoms with Crippen LogP contribution in [0.15, 0.2) is 48.5 Å². The summed E-state index contributed by atoms with van der Waals surface area (Å²) in [6.45, 7) is 12.0. The number of hydrogen-bond donors (Lipinski definition) is 0. The number of unbranched alkanes of at least 4 members (excludes halogenated alkanes) is 4. The van der Waals surface area contributed by atoms with E-state index in [1.165, 1.54) is 64.2 Å². The number of quaternary nitrogens is 2. The van der Waals surface area contributed by atoms with Gasteiger partial charge in [-0.15, -0.1) is 0 Å². The molecule has 2 saturated heterocycles. The van der Waals surface area contributed by atoms with Gasteiger partial charge in [-0.1, -0.05) is 39.5 Å². The maximum Gasteiger partial charge on any atom is 0.171 e. The Kier molecular flexibility index (Phi) is 16.8. The second kappa shape index (κ2) is 21.0. The van der Waals surface area contributed by atoms with Crippen LogP contribution in [0.5, 0.6) is 11.5 Å². The number of nitrogens with zero attached hydrogens (tertiary/aromatic N) is 2. The Labute approximate surface area is 305 Å². The second-order valence-electron chi connectivity index (χ2n) is 16.2. The maximum atomic E-state index is 14.4. The quantitative estimate of drug-likeness (QED) is 0.0744. The molecule has 6 heteroatoms. The summed E-state index contributed by atoms with van der Waals surface area (Å²) in [6.07, 6.45) is 18.2. The minimum atomic E-state index is -0.127. The summed E-state index contributed by atoms with van der Waals surface area (Å²) < 4.78 is 13.8. The lowest BCUT2D eigenvalue weighted by Gasteiger charge is -2.38. The molecular formula is C44H70N2O4+2. The molecule has 2 fully saturated rings. The van der Waals surface area contributed by atoms with Crippen LogP contribution in [0.4, 0.5) is 0 Å². The highest BCUT2D eigenvalue weighted by atomic mass is 16.5. The Morgan fingerprint density at radius 3 is 1.20 bits per heavy atom. The number of likely N-dealkylation sites (tertiary alicyclic amines) is 2. The van der Waals surface area contributed by atoms with Gasteiger partial charge in [-0.3, -0.25) is 9.59 Å². The van der Waals surface area contributed by atoms with Crippen LogP contribution in [0.2, 0.25) is 0 Å². The SMILES string of the molecule is CCCCCOc1ccc(C(=O)[C@H](CC[C@@H](C[N+]2(C)CCCCCC2)C(=O)c2ccc(OCCCCC)cc2)C[N+]2(C)CCCCCC2)cc1. The fraction of sp³-hybridized carbons (Fsp3) is 0.682.